The first-order valence-corrected chi connectivity index (χ1v) is 6.81. The molecule has 3 rings (SSSR count). The summed E-state index contributed by atoms with van der Waals surface area (Å²) < 4.78 is 39.1. The average molecular weight is 323 g/mol. The molecule has 0 fully saturated rings. The van der Waals surface area contributed by atoms with Crippen molar-refractivity contribution in [3.8, 4) is 0 Å². The number of hydrogen-bond donors (Lipinski definition) is 1. The molecule has 3 aromatic rings. The lowest BCUT2D eigenvalue weighted by molar-refractivity contribution is -0.140. The molecule has 0 unspecified atom stereocenters. The van der Waals surface area contributed by atoms with E-state index >= 15 is 0 Å². The van der Waals surface area contributed by atoms with Crippen molar-refractivity contribution in [1.29, 1.82) is 0 Å². The van der Waals surface area contributed by atoms with Crippen LogP contribution in [-0.2, 0) is 6.18 Å². The number of rotatable bonds is 2. The normalized spacial score (nSPS) is 11.6. The number of benzene rings is 2. The molecule has 0 aliphatic carbocycles. The topological polar surface area (TPSA) is 24.9 Å². The third kappa shape index (κ3) is 2.85. The molecule has 0 aliphatic rings. The summed E-state index contributed by atoms with van der Waals surface area (Å²) in [5, 5.41) is 3.70. The first-order chi connectivity index (χ1) is 10.4. The van der Waals surface area contributed by atoms with E-state index < -0.39 is 11.9 Å². The molecule has 2 aromatic carbocycles. The highest BCUT2D eigenvalue weighted by Gasteiger charge is 2.33. The summed E-state index contributed by atoms with van der Waals surface area (Å²) in [5.41, 5.74) is 0.137. The van der Waals surface area contributed by atoms with E-state index in [1.54, 1.807) is 36.4 Å². The van der Waals surface area contributed by atoms with Crippen molar-refractivity contribution in [2.45, 2.75) is 6.18 Å². The molecule has 0 radical (unpaired) electrons. The van der Waals surface area contributed by atoms with Gasteiger partial charge in [-0.3, -0.25) is 0 Å². The highest BCUT2D eigenvalue weighted by Crippen LogP contribution is 2.36. The minimum absolute atomic E-state index is 0.123. The van der Waals surface area contributed by atoms with Gasteiger partial charge >= 0.3 is 6.18 Å². The van der Waals surface area contributed by atoms with Gasteiger partial charge in [-0.1, -0.05) is 41.9 Å². The van der Waals surface area contributed by atoms with Gasteiger partial charge in [0, 0.05) is 11.1 Å². The quantitative estimate of drug-likeness (QED) is 0.659. The van der Waals surface area contributed by atoms with Crippen LogP contribution < -0.4 is 5.32 Å². The molecule has 1 heterocycles. The molecule has 0 saturated carbocycles. The summed E-state index contributed by atoms with van der Waals surface area (Å²) in [7, 11) is 0. The van der Waals surface area contributed by atoms with Crippen LogP contribution in [0.5, 0.6) is 0 Å². The number of aromatic nitrogens is 1. The van der Waals surface area contributed by atoms with E-state index in [-0.39, 0.29) is 10.5 Å². The molecule has 6 heteroatoms. The molecule has 1 aromatic heterocycles. The first-order valence-electron chi connectivity index (χ1n) is 6.44. The van der Waals surface area contributed by atoms with Crippen molar-refractivity contribution in [3.63, 3.8) is 0 Å². The van der Waals surface area contributed by atoms with E-state index in [9.17, 15) is 13.2 Å². The van der Waals surface area contributed by atoms with Crippen molar-refractivity contribution in [1.82, 2.24) is 4.98 Å². The lowest BCUT2D eigenvalue weighted by Gasteiger charge is -2.14. The van der Waals surface area contributed by atoms with Gasteiger partial charge in [-0.15, -0.1) is 0 Å². The number of halogens is 4. The van der Waals surface area contributed by atoms with Gasteiger partial charge in [-0.25, -0.2) is 4.98 Å². The lowest BCUT2D eigenvalue weighted by Crippen LogP contribution is -2.09. The van der Waals surface area contributed by atoms with E-state index in [0.29, 0.717) is 16.8 Å². The number of nitrogens with one attached hydrogen (secondary N) is 1. The summed E-state index contributed by atoms with van der Waals surface area (Å²) >= 11 is 6.00. The highest BCUT2D eigenvalue weighted by molar-refractivity contribution is 6.35. The van der Waals surface area contributed by atoms with Crippen molar-refractivity contribution in [2.24, 2.45) is 0 Å². The second-order valence-corrected chi connectivity index (χ2v) is 5.09. The number of hydrogen-bond acceptors (Lipinski definition) is 2. The van der Waals surface area contributed by atoms with Crippen LogP contribution in [0.1, 0.15) is 5.69 Å². The lowest BCUT2D eigenvalue weighted by atomic mass is 10.1. The minimum Gasteiger partial charge on any atom is -0.355 e. The highest BCUT2D eigenvalue weighted by atomic mass is 35.5. The molecular weight excluding hydrogens is 313 g/mol. The summed E-state index contributed by atoms with van der Waals surface area (Å²) in [6.45, 7) is 0. The number of alkyl halides is 3. The van der Waals surface area contributed by atoms with Gasteiger partial charge in [-0.05, 0) is 24.3 Å². The van der Waals surface area contributed by atoms with Crippen LogP contribution in [0.15, 0.2) is 54.6 Å². The Balaban J connectivity index is 2.21. The maximum atomic E-state index is 13.0. The van der Waals surface area contributed by atoms with E-state index in [1.165, 1.54) is 6.07 Å². The second kappa shape index (κ2) is 5.50. The Morgan fingerprint density at radius 3 is 2.36 bits per heavy atom. The number of para-hydroxylation sites is 2. The van der Waals surface area contributed by atoms with Crippen LogP contribution in [0, 0.1) is 0 Å². The van der Waals surface area contributed by atoms with E-state index in [2.05, 4.69) is 10.3 Å². The molecule has 112 valence electrons. The van der Waals surface area contributed by atoms with Gasteiger partial charge < -0.3 is 5.32 Å². The fraction of sp³-hybridized carbons (Fsp3) is 0.0625. The summed E-state index contributed by atoms with van der Waals surface area (Å²) in [4.78, 5) is 3.65. The zero-order valence-electron chi connectivity index (χ0n) is 11.2. The zero-order chi connectivity index (χ0) is 15.7. The van der Waals surface area contributed by atoms with Gasteiger partial charge in [0.15, 0.2) is 0 Å². The van der Waals surface area contributed by atoms with Crippen molar-refractivity contribution in [3.05, 3.63) is 65.3 Å². The van der Waals surface area contributed by atoms with Crippen LogP contribution in [0.25, 0.3) is 10.9 Å². The minimum atomic E-state index is -4.54. The molecule has 0 spiro atoms. The summed E-state index contributed by atoms with van der Waals surface area (Å²) in [6.07, 6.45) is -4.54. The van der Waals surface area contributed by atoms with Crippen molar-refractivity contribution < 1.29 is 13.2 Å². The SMILES string of the molecule is FC(F)(F)c1cc(Nc2ccccc2)c2cccc(Cl)c2n1. The smallest absolute Gasteiger partial charge is 0.355 e. The van der Waals surface area contributed by atoms with E-state index in [1.807, 2.05) is 6.07 Å². The van der Waals surface area contributed by atoms with Gasteiger partial charge in [0.05, 0.1) is 16.2 Å². The van der Waals surface area contributed by atoms with Gasteiger partial charge in [-0.2, -0.15) is 13.2 Å². The number of nitrogens with zero attached hydrogens (tertiary/aromatic N) is 1. The monoisotopic (exact) mass is 322 g/mol. The molecule has 0 saturated heterocycles. The predicted octanol–water partition coefficient (Wildman–Crippen LogP) is 5.65. The predicted molar refractivity (Wildman–Crippen MR) is 81.5 cm³/mol. The third-order valence-electron chi connectivity index (χ3n) is 3.13. The van der Waals surface area contributed by atoms with Crippen LogP contribution in [0.3, 0.4) is 0 Å². The zero-order valence-corrected chi connectivity index (χ0v) is 11.9. The molecule has 2 nitrogen and oxygen atoms in total. The van der Waals surface area contributed by atoms with E-state index in [0.717, 1.165) is 6.07 Å². The van der Waals surface area contributed by atoms with Crippen LogP contribution >= 0.6 is 11.6 Å². The molecule has 0 aliphatic heterocycles. The summed E-state index contributed by atoms with van der Waals surface area (Å²) in [5.74, 6) is 0. The van der Waals surface area contributed by atoms with Gasteiger partial charge in [0.25, 0.3) is 0 Å². The Labute approximate surface area is 129 Å². The molecule has 22 heavy (non-hydrogen) atoms. The summed E-state index contributed by atoms with van der Waals surface area (Å²) in [6, 6.07) is 14.8. The van der Waals surface area contributed by atoms with Gasteiger partial charge in [0.1, 0.15) is 5.69 Å². The van der Waals surface area contributed by atoms with Gasteiger partial charge in [0.2, 0.25) is 0 Å². The van der Waals surface area contributed by atoms with Crippen molar-refractivity contribution in [2.75, 3.05) is 5.32 Å². The van der Waals surface area contributed by atoms with Crippen molar-refractivity contribution >= 4 is 33.9 Å². The van der Waals surface area contributed by atoms with Crippen LogP contribution in [0.2, 0.25) is 5.02 Å². The average Bonchev–Trinajstić information content (AvgIpc) is 2.48. The molecular formula is C16H10ClF3N2. The maximum absolute atomic E-state index is 13.0. The Morgan fingerprint density at radius 1 is 0.955 bits per heavy atom. The fourth-order valence-corrected chi connectivity index (χ4v) is 2.36. The largest absolute Gasteiger partial charge is 0.433 e. The molecule has 1 N–H and O–H groups in total. The molecule has 0 atom stereocenters. The van der Waals surface area contributed by atoms with Crippen LogP contribution in [-0.4, -0.2) is 4.98 Å². The first kappa shape index (κ1) is 14.7. The Bertz CT molecular complexity index is 817. The molecule has 0 amide bonds. The van der Waals surface area contributed by atoms with Crippen LogP contribution in [0.4, 0.5) is 24.5 Å². The number of pyridine rings is 1. The molecule has 0 bridgehead atoms. The number of anilines is 2. The number of fused-ring (bicyclic) bond motifs is 1. The second-order valence-electron chi connectivity index (χ2n) is 4.68. The Morgan fingerprint density at radius 2 is 1.68 bits per heavy atom. The Hall–Kier alpha value is -2.27. The standard InChI is InChI=1S/C16H10ClF3N2/c17-12-8-4-7-11-13(21-10-5-2-1-3-6-10)9-14(16(18,19)20)22-15(11)12/h1-9H,(H,21,22). The maximum Gasteiger partial charge on any atom is 0.433 e. The fourth-order valence-electron chi connectivity index (χ4n) is 2.14. The van der Waals surface area contributed by atoms with E-state index in [4.69, 9.17) is 11.6 Å². The Kier molecular flexibility index (Phi) is 3.66. The third-order valence-corrected chi connectivity index (χ3v) is 3.44.